The summed E-state index contributed by atoms with van der Waals surface area (Å²) in [5, 5.41) is 0. The highest BCUT2D eigenvalue weighted by Crippen LogP contribution is 2.46. The van der Waals surface area contributed by atoms with E-state index < -0.39 is 0 Å². The largest absolute Gasteiger partial charge is 0.378 e. The highest BCUT2D eigenvalue weighted by molar-refractivity contribution is 4.89. The van der Waals surface area contributed by atoms with Crippen molar-refractivity contribution in [1.29, 1.82) is 0 Å². The molecule has 4 saturated carbocycles. The van der Waals surface area contributed by atoms with Crippen LogP contribution in [0.2, 0.25) is 0 Å². The van der Waals surface area contributed by atoms with Gasteiger partial charge >= 0.3 is 0 Å². The first-order valence-electron chi connectivity index (χ1n) is 16.0. The smallest absolute Gasteiger partial charge is 0.0575 e. The fourth-order valence-corrected chi connectivity index (χ4v) is 8.63. The van der Waals surface area contributed by atoms with Gasteiger partial charge in [0.1, 0.15) is 0 Å². The lowest BCUT2D eigenvalue weighted by atomic mass is 9.65. The van der Waals surface area contributed by atoms with Crippen LogP contribution in [-0.4, -0.2) is 12.7 Å². The summed E-state index contributed by atoms with van der Waals surface area (Å²) in [4.78, 5) is 0. The summed E-state index contributed by atoms with van der Waals surface area (Å²) in [6.07, 6.45) is 33.8. The second-order valence-electron chi connectivity index (χ2n) is 13.2. The molecule has 34 heavy (non-hydrogen) atoms. The Kier molecular flexibility index (Phi) is 11.4. The summed E-state index contributed by atoms with van der Waals surface area (Å²) >= 11 is 0. The molecule has 4 fully saturated rings. The number of rotatable bonds is 11. The Morgan fingerprint density at radius 3 is 1.44 bits per heavy atom. The van der Waals surface area contributed by atoms with E-state index in [2.05, 4.69) is 19.6 Å². The zero-order valence-electron chi connectivity index (χ0n) is 22.9. The molecule has 0 aromatic heterocycles. The van der Waals surface area contributed by atoms with Crippen molar-refractivity contribution in [3.8, 4) is 0 Å². The van der Waals surface area contributed by atoms with E-state index in [-0.39, 0.29) is 0 Å². The third kappa shape index (κ3) is 8.11. The maximum atomic E-state index is 5.98. The first-order valence-corrected chi connectivity index (χ1v) is 16.0. The van der Waals surface area contributed by atoms with Crippen LogP contribution in [0.3, 0.4) is 0 Å². The van der Waals surface area contributed by atoms with E-state index in [0.717, 1.165) is 48.0 Å². The molecular formula is C33H58O. The normalized spacial score (nSPS) is 39.6. The van der Waals surface area contributed by atoms with Crippen molar-refractivity contribution in [1.82, 2.24) is 0 Å². The van der Waals surface area contributed by atoms with E-state index in [1.807, 2.05) is 0 Å². The van der Waals surface area contributed by atoms with E-state index in [1.54, 1.807) is 51.4 Å². The van der Waals surface area contributed by atoms with Crippen LogP contribution in [-0.2, 0) is 4.74 Å². The molecule has 0 N–H and O–H groups in total. The molecule has 4 aliphatic rings. The number of unbranched alkanes of at least 4 members (excludes halogenated alkanes) is 1. The maximum Gasteiger partial charge on any atom is 0.0575 e. The third-order valence-electron chi connectivity index (χ3n) is 11.0. The molecule has 0 unspecified atom stereocenters. The summed E-state index contributed by atoms with van der Waals surface area (Å²) in [7, 11) is 0. The molecule has 1 heteroatoms. The Morgan fingerprint density at radius 1 is 0.588 bits per heavy atom. The highest BCUT2D eigenvalue weighted by Gasteiger charge is 2.34. The van der Waals surface area contributed by atoms with Crippen molar-refractivity contribution in [3.63, 3.8) is 0 Å². The van der Waals surface area contributed by atoms with Crippen LogP contribution < -0.4 is 0 Å². The molecule has 0 radical (unpaired) electrons. The van der Waals surface area contributed by atoms with Crippen LogP contribution in [0.1, 0.15) is 142 Å². The van der Waals surface area contributed by atoms with Crippen molar-refractivity contribution < 1.29 is 4.74 Å². The summed E-state index contributed by atoms with van der Waals surface area (Å²) in [6, 6.07) is 0. The lowest BCUT2D eigenvalue weighted by Gasteiger charge is -2.41. The fraction of sp³-hybridized carbons (Fsp3) is 0.939. The Morgan fingerprint density at radius 2 is 1.00 bits per heavy atom. The Bertz CT molecular complexity index is 537. The van der Waals surface area contributed by atoms with Gasteiger partial charge < -0.3 is 4.74 Å². The Hall–Kier alpha value is -0.300. The summed E-state index contributed by atoms with van der Waals surface area (Å²) in [5.41, 5.74) is 0. The predicted molar refractivity (Wildman–Crippen MR) is 147 cm³/mol. The zero-order chi connectivity index (χ0) is 23.6. The van der Waals surface area contributed by atoms with Gasteiger partial charge in [-0.3, -0.25) is 0 Å². The molecule has 0 aromatic rings. The molecule has 0 aromatic carbocycles. The van der Waals surface area contributed by atoms with Gasteiger partial charge in [-0.25, -0.2) is 0 Å². The molecule has 4 rings (SSSR count). The number of hydrogen-bond acceptors (Lipinski definition) is 1. The molecule has 196 valence electrons. The minimum Gasteiger partial charge on any atom is -0.378 e. The molecule has 0 amide bonds. The van der Waals surface area contributed by atoms with Crippen molar-refractivity contribution in [2.45, 2.75) is 148 Å². The monoisotopic (exact) mass is 470 g/mol. The van der Waals surface area contributed by atoms with Crippen molar-refractivity contribution >= 4 is 0 Å². The molecule has 4 aliphatic carbocycles. The van der Waals surface area contributed by atoms with Crippen LogP contribution in [0.25, 0.3) is 0 Å². The highest BCUT2D eigenvalue weighted by atomic mass is 16.5. The Balaban J connectivity index is 1.03. The van der Waals surface area contributed by atoms with Gasteiger partial charge in [0.15, 0.2) is 0 Å². The molecular weight excluding hydrogens is 412 g/mol. The summed E-state index contributed by atoms with van der Waals surface area (Å²) < 4.78 is 5.98. The predicted octanol–water partition coefficient (Wildman–Crippen LogP) is 10.1. The zero-order valence-corrected chi connectivity index (χ0v) is 22.9. The lowest BCUT2D eigenvalue weighted by molar-refractivity contribution is 0.0173. The molecule has 0 aliphatic heterocycles. The SMILES string of the molecule is C=CC1CCC(C2CCC(C3CCC(CCCCC4CCC(OCCC)CC4)CC3)CC2)CC1. The molecule has 0 bridgehead atoms. The van der Waals surface area contributed by atoms with E-state index >= 15 is 0 Å². The molecule has 0 spiro atoms. The Labute approximate surface area is 213 Å². The van der Waals surface area contributed by atoms with Crippen LogP contribution in [0.5, 0.6) is 0 Å². The second-order valence-corrected chi connectivity index (χ2v) is 13.2. The van der Waals surface area contributed by atoms with E-state index in [4.69, 9.17) is 4.74 Å². The summed E-state index contributed by atoms with van der Waals surface area (Å²) in [6.45, 7) is 7.22. The van der Waals surface area contributed by atoms with Gasteiger partial charge in [0.25, 0.3) is 0 Å². The molecule has 0 saturated heterocycles. The van der Waals surface area contributed by atoms with Gasteiger partial charge in [0.2, 0.25) is 0 Å². The van der Waals surface area contributed by atoms with E-state index in [0.29, 0.717) is 6.10 Å². The maximum absolute atomic E-state index is 5.98. The lowest BCUT2D eigenvalue weighted by Crippen LogP contribution is -2.29. The number of hydrogen-bond donors (Lipinski definition) is 0. The topological polar surface area (TPSA) is 9.23 Å². The van der Waals surface area contributed by atoms with Crippen LogP contribution in [0, 0.1) is 41.4 Å². The second kappa shape index (κ2) is 14.4. The minimum atomic E-state index is 0.582. The number of ether oxygens (including phenoxy) is 1. The molecule has 0 atom stereocenters. The van der Waals surface area contributed by atoms with E-state index in [9.17, 15) is 0 Å². The molecule has 0 heterocycles. The third-order valence-corrected chi connectivity index (χ3v) is 11.0. The van der Waals surface area contributed by atoms with Gasteiger partial charge in [0, 0.05) is 6.61 Å². The van der Waals surface area contributed by atoms with Crippen molar-refractivity contribution in [3.05, 3.63) is 12.7 Å². The van der Waals surface area contributed by atoms with Crippen molar-refractivity contribution in [2.24, 2.45) is 41.4 Å². The average molecular weight is 471 g/mol. The van der Waals surface area contributed by atoms with Gasteiger partial charge in [-0.15, -0.1) is 6.58 Å². The van der Waals surface area contributed by atoms with Gasteiger partial charge in [-0.1, -0.05) is 51.5 Å². The van der Waals surface area contributed by atoms with Gasteiger partial charge in [-0.05, 0) is 138 Å². The molecule has 1 nitrogen and oxygen atoms in total. The average Bonchev–Trinajstić information content (AvgIpc) is 2.91. The van der Waals surface area contributed by atoms with Gasteiger partial charge in [-0.2, -0.15) is 0 Å². The first-order chi connectivity index (χ1) is 16.7. The van der Waals surface area contributed by atoms with Gasteiger partial charge in [0.05, 0.1) is 6.10 Å². The van der Waals surface area contributed by atoms with Crippen LogP contribution >= 0.6 is 0 Å². The number of allylic oxidation sites excluding steroid dienone is 1. The van der Waals surface area contributed by atoms with Crippen LogP contribution in [0.4, 0.5) is 0 Å². The standard InChI is InChI=1S/C33H58O/c1-3-25-34-33-23-13-28(14-24-33)8-6-5-7-27-11-17-30(18-12-27)32-21-19-31(20-22-32)29-15-9-26(4-2)10-16-29/h4,26-33H,2-3,5-25H2,1H3. The van der Waals surface area contributed by atoms with Crippen LogP contribution in [0.15, 0.2) is 12.7 Å². The van der Waals surface area contributed by atoms with Crippen molar-refractivity contribution in [2.75, 3.05) is 6.61 Å². The first kappa shape index (κ1) is 26.8. The minimum absolute atomic E-state index is 0.582. The fourth-order valence-electron chi connectivity index (χ4n) is 8.63. The summed E-state index contributed by atoms with van der Waals surface area (Å²) in [5.74, 6) is 7.18. The quantitative estimate of drug-likeness (QED) is 0.215. The van der Waals surface area contributed by atoms with E-state index in [1.165, 1.54) is 83.5 Å².